The molecular weight excluding hydrogens is 290 g/mol. The number of rotatable bonds is 7. The monoisotopic (exact) mass is 315 g/mol. The minimum Gasteiger partial charge on any atom is -0.385 e. The van der Waals surface area contributed by atoms with E-state index in [4.69, 9.17) is 9.47 Å². The van der Waals surface area contributed by atoms with Gasteiger partial charge in [0.25, 0.3) is 0 Å². The molecule has 1 saturated heterocycles. The first-order valence-corrected chi connectivity index (χ1v) is 8.63. The Morgan fingerprint density at radius 2 is 2.33 bits per heavy atom. The molecule has 1 aromatic heterocycles. The molecule has 2 heterocycles. The van der Waals surface area contributed by atoms with E-state index < -0.39 is 0 Å². The van der Waals surface area contributed by atoms with Crippen LogP contribution in [-0.4, -0.2) is 71.2 Å². The minimum atomic E-state index is -0.214. The predicted octanol–water partition coefficient (Wildman–Crippen LogP) is 1.23. The van der Waals surface area contributed by atoms with E-state index in [9.17, 15) is 0 Å². The van der Waals surface area contributed by atoms with Crippen molar-refractivity contribution in [2.24, 2.45) is 0 Å². The molecule has 1 aliphatic rings. The third kappa shape index (κ3) is 4.08. The van der Waals surface area contributed by atoms with Gasteiger partial charge >= 0.3 is 0 Å². The highest BCUT2D eigenvalue weighted by Gasteiger charge is 2.34. The Morgan fingerprint density at radius 1 is 1.52 bits per heavy atom. The third-order valence-electron chi connectivity index (χ3n) is 3.76. The second-order valence-corrected chi connectivity index (χ2v) is 6.60. The molecular formula is C13H25N5O2S. The Bertz CT molecular complexity index is 444. The van der Waals surface area contributed by atoms with Crippen molar-refractivity contribution < 1.29 is 9.47 Å². The first-order valence-electron chi connectivity index (χ1n) is 7.24. The molecule has 120 valence electrons. The summed E-state index contributed by atoms with van der Waals surface area (Å²) in [6, 6.07) is 0.276. The number of ether oxygens (including phenoxy) is 2. The topological polar surface area (TPSA) is 65.3 Å². The smallest absolute Gasteiger partial charge is 0.245 e. The van der Waals surface area contributed by atoms with Crippen LogP contribution in [0, 0.1) is 0 Å². The molecule has 1 aromatic rings. The number of aromatic nitrogens is 4. The van der Waals surface area contributed by atoms with Gasteiger partial charge in [-0.1, -0.05) is 5.10 Å². The number of methoxy groups -OCH3 is 1. The summed E-state index contributed by atoms with van der Waals surface area (Å²) in [5.41, 5.74) is -0.214. The van der Waals surface area contributed by atoms with Crippen molar-refractivity contribution in [3.63, 3.8) is 0 Å². The molecule has 0 bridgehead atoms. The van der Waals surface area contributed by atoms with Crippen molar-refractivity contribution >= 4 is 17.7 Å². The Morgan fingerprint density at radius 3 is 3.05 bits per heavy atom. The van der Waals surface area contributed by atoms with Crippen LogP contribution in [0.15, 0.2) is 0 Å². The van der Waals surface area contributed by atoms with Gasteiger partial charge in [0, 0.05) is 39.0 Å². The number of hydrogen-bond acceptors (Lipinski definition) is 7. The van der Waals surface area contributed by atoms with Gasteiger partial charge in [0.1, 0.15) is 0 Å². The maximum absolute atomic E-state index is 5.94. The Kier molecular flexibility index (Phi) is 5.83. The summed E-state index contributed by atoms with van der Waals surface area (Å²) < 4.78 is 13.0. The van der Waals surface area contributed by atoms with E-state index in [0.717, 1.165) is 31.2 Å². The second kappa shape index (κ2) is 7.42. The van der Waals surface area contributed by atoms with E-state index in [-0.39, 0.29) is 11.6 Å². The molecule has 0 aromatic carbocycles. The lowest BCUT2D eigenvalue weighted by atomic mass is 10.0. The fourth-order valence-corrected chi connectivity index (χ4v) is 3.19. The first kappa shape index (κ1) is 16.5. The van der Waals surface area contributed by atoms with Crippen molar-refractivity contribution in [1.29, 1.82) is 0 Å². The van der Waals surface area contributed by atoms with E-state index in [0.29, 0.717) is 13.2 Å². The Balaban J connectivity index is 2.09. The molecule has 0 N–H and O–H groups in total. The van der Waals surface area contributed by atoms with Gasteiger partial charge in [0.15, 0.2) is 0 Å². The zero-order valence-corrected chi connectivity index (χ0v) is 14.1. The highest BCUT2D eigenvalue weighted by Crippen LogP contribution is 2.26. The molecule has 0 radical (unpaired) electrons. The second-order valence-electron chi connectivity index (χ2n) is 5.69. The zero-order chi connectivity index (χ0) is 15.3. The lowest BCUT2D eigenvalue weighted by Crippen LogP contribution is -2.51. The van der Waals surface area contributed by atoms with Crippen LogP contribution in [0.25, 0.3) is 0 Å². The van der Waals surface area contributed by atoms with Crippen LogP contribution in [0.2, 0.25) is 0 Å². The van der Waals surface area contributed by atoms with Gasteiger partial charge in [0.05, 0.1) is 18.2 Å². The van der Waals surface area contributed by atoms with Crippen LogP contribution in [-0.2, 0) is 9.47 Å². The van der Waals surface area contributed by atoms with Gasteiger partial charge in [-0.15, -0.1) is 0 Å². The number of tetrazole rings is 1. The van der Waals surface area contributed by atoms with E-state index in [1.165, 1.54) is 0 Å². The maximum atomic E-state index is 5.94. The standard InChI is InChI=1S/C13H25N5O2S/c1-11(9-21-4)18-12(14-15-16-18)17-6-8-20-13(2,10-17)5-7-19-3/h11H,5-10H2,1-4H3. The highest BCUT2D eigenvalue weighted by molar-refractivity contribution is 7.98. The summed E-state index contributed by atoms with van der Waals surface area (Å²) in [5.74, 6) is 1.83. The van der Waals surface area contributed by atoms with Crippen molar-refractivity contribution in [3.8, 4) is 0 Å². The van der Waals surface area contributed by atoms with Gasteiger partial charge < -0.3 is 14.4 Å². The summed E-state index contributed by atoms with van der Waals surface area (Å²) in [5, 5.41) is 12.2. The molecule has 2 atom stereocenters. The summed E-state index contributed by atoms with van der Waals surface area (Å²) in [6.45, 7) is 7.23. The van der Waals surface area contributed by atoms with Crippen LogP contribution < -0.4 is 4.90 Å². The first-order chi connectivity index (χ1) is 10.1. The molecule has 21 heavy (non-hydrogen) atoms. The predicted molar refractivity (Wildman–Crippen MR) is 84.0 cm³/mol. The van der Waals surface area contributed by atoms with Crippen LogP contribution in [0.4, 0.5) is 5.95 Å². The fourth-order valence-electron chi connectivity index (χ4n) is 2.56. The van der Waals surface area contributed by atoms with E-state index in [2.05, 4.69) is 40.5 Å². The van der Waals surface area contributed by atoms with Crippen molar-refractivity contribution in [2.45, 2.75) is 31.9 Å². The number of morpholine rings is 1. The number of nitrogens with zero attached hydrogens (tertiary/aromatic N) is 5. The van der Waals surface area contributed by atoms with Crippen LogP contribution in [0.3, 0.4) is 0 Å². The molecule has 0 saturated carbocycles. The lowest BCUT2D eigenvalue weighted by Gasteiger charge is -2.40. The highest BCUT2D eigenvalue weighted by atomic mass is 32.2. The SMILES string of the molecule is COCCC1(C)CN(c2nnnn2C(C)CSC)CCO1. The molecule has 2 unspecified atom stereocenters. The quantitative estimate of drug-likeness (QED) is 0.749. The summed E-state index contributed by atoms with van der Waals surface area (Å²) >= 11 is 1.80. The van der Waals surface area contributed by atoms with Crippen molar-refractivity contribution in [2.75, 3.05) is 50.3 Å². The molecule has 8 heteroatoms. The van der Waals surface area contributed by atoms with Gasteiger partial charge in [-0.25, -0.2) is 4.68 Å². The van der Waals surface area contributed by atoms with E-state index >= 15 is 0 Å². The van der Waals surface area contributed by atoms with Crippen LogP contribution in [0.1, 0.15) is 26.3 Å². The van der Waals surface area contributed by atoms with Gasteiger partial charge in [-0.2, -0.15) is 11.8 Å². The normalized spacial score (nSPS) is 24.3. The Labute approximate surface area is 130 Å². The average molecular weight is 315 g/mol. The molecule has 7 nitrogen and oxygen atoms in total. The van der Waals surface area contributed by atoms with Crippen LogP contribution in [0.5, 0.6) is 0 Å². The minimum absolute atomic E-state index is 0.214. The Hall–Kier alpha value is -0.860. The van der Waals surface area contributed by atoms with Gasteiger partial charge in [-0.3, -0.25) is 0 Å². The molecule has 2 rings (SSSR count). The molecule has 0 aliphatic carbocycles. The molecule has 1 aliphatic heterocycles. The van der Waals surface area contributed by atoms with E-state index in [1.54, 1.807) is 18.9 Å². The van der Waals surface area contributed by atoms with Crippen LogP contribution >= 0.6 is 11.8 Å². The summed E-state index contributed by atoms with van der Waals surface area (Å²) in [7, 11) is 1.72. The van der Waals surface area contributed by atoms with E-state index in [1.807, 2.05) is 4.68 Å². The zero-order valence-electron chi connectivity index (χ0n) is 13.3. The molecule has 1 fully saturated rings. The lowest BCUT2D eigenvalue weighted by molar-refractivity contribution is -0.0590. The number of anilines is 1. The number of thioether (sulfide) groups is 1. The third-order valence-corrected chi connectivity index (χ3v) is 4.57. The van der Waals surface area contributed by atoms with Crippen molar-refractivity contribution in [1.82, 2.24) is 20.2 Å². The maximum Gasteiger partial charge on any atom is 0.245 e. The molecule has 0 amide bonds. The average Bonchev–Trinajstić information content (AvgIpc) is 2.95. The fraction of sp³-hybridized carbons (Fsp3) is 0.923. The summed E-state index contributed by atoms with van der Waals surface area (Å²) in [6.07, 6.45) is 2.96. The van der Waals surface area contributed by atoms with Gasteiger partial charge in [-0.05, 0) is 30.5 Å². The number of hydrogen-bond donors (Lipinski definition) is 0. The molecule has 0 spiro atoms. The summed E-state index contributed by atoms with van der Waals surface area (Å²) in [4.78, 5) is 2.22. The van der Waals surface area contributed by atoms with Crippen molar-refractivity contribution in [3.05, 3.63) is 0 Å². The van der Waals surface area contributed by atoms with Gasteiger partial charge in [0.2, 0.25) is 5.95 Å². The largest absolute Gasteiger partial charge is 0.385 e.